The van der Waals surface area contributed by atoms with Crippen LogP contribution in [0.4, 0.5) is 4.79 Å². The van der Waals surface area contributed by atoms with Crippen LogP contribution in [-0.4, -0.2) is 46.5 Å². The predicted octanol–water partition coefficient (Wildman–Crippen LogP) is 1.37. The quantitative estimate of drug-likeness (QED) is 0.655. The highest BCUT2D eigenvalue weighted by atomic mass is 32.2. The Morgan fingerprint density at radius 3 is 2.62 bits per heavy atom. The van der Waals surface area contributed by atoms with Crippen LogP contribution in [0.2, 0.25) is 0 Å². The average Bonchev–Trinajstić information content (AvgIpc) is 3.01. The Balaban J connectivity index is 1.74. The summed E-state index contributed by atoms with van der Waals surface area (Å²) in [6.07, 6.45) is 1.28. The van der Waals surface area contributed by atoms with Gasteiger partial charge in [-0.2, -0.15) is 5.10 Å². The van der Waals surface area contributed by atoms with E-state index in [4.69, 9.17) is 0 Å². The summed E-state index contributed by atoms with van der Waals surface area (Å²) in [7, 11) is 1.60. The van der Waals surface area contributed by atoms with E-state index in [0.29, 0.717) is 5.56 Å². The summed E-state index contributed by atoms with van der Waals surface area (Å²) in [5.74, 6) is -1.05. The Labute approximate surface area is 141 Å². The molecule has 1 aromatic rings. The zero-order valence-electron chi connectivity index (χ0n) is 12.7. The van der Waals surface area contributed by atoms with Gasteiger partial charge in [-0.3, -0.25) is 29.5 Å². The molecule has 24 heavy (non-hydrogen) atoms. The van der Waals surface area contributed by atoms with E-state index >= 15 is 0 Å². The third-order valence-corrected chi connectivity index (χ3v) is 4.47. The largest absolute Gasteiger partial charge is 0.294 e. The molecule has 1 aromatic carbocycles. The van der Waals surface area contributed by atoms with Crippen molar-refractivity contribution in [3.05, 3.63) is 46.9 Å². The number of carbonyl (C=O) groups is 4. The van der Waals surface area contributed by atoms with Gasteiger partial charge in [-0.1, -0.05) is 30.3 Å². The SMILES string of the molecule is CN1N=C(C=C2SC(=O)NC2=O)C(=O)C1CC(=O)c1ccccc1. The molecule has 1 fully saturated rings. The summed E-state index contributed by atoms with van der Waals surface area (Å²) >= 11 is 0.719. The average molecular weight is 343 g/mol. The van der Waals surface area contributed by atoms with Crippen LogP contribution in [0, 0.1) is 0 Å². The molecule has 0 saturated carbocycles. The van der Waals surface area contributed by atoms with Gasteiger partial charge >= 0.3 is 0 Å². The molecule has 2 aliphatic rings. The second kappa shape index (κ2) is 6.40. The number of ketones is 2. The fraction of sp³-hybridized carbons (Fsp3) is 0.188. The number of allylic oxidation sites excluding steroid dienone is 1. The monoisotopic (exact) mass is 343 g/mol. The number of Topliss-reactive ketones (excluding diaryl/α,β-unsaturated/α-hetero) is 2. The molecule has 2 amide bonds. The van der Waals surface area contributed by atoms with Gasteiger partial charge in [-0.05, 0) is 17.8 Å². The van der Waals surface area contributed by atoms with Gasteiger partial charge < -0.3 is 0 Å². The van der Waals surface area contributed by atoms with E-state index in [2.05, 4.69) is 10.4 Å². The van der Waals surface area contributed by atoms with Gasteiger partial charge in [0, 0.05) is 19.0 Å². The summed E-state index contributed by atoms with van der Waals surface area (Å²) in [5, 5.41) is 7.13. The number of thioether (sulfide) groups is 1. The molecule has 0 spiro atoms. The van der Waals surface area contributed by atoms with Gasteiger partial charge in [0.15, 0.2) is 5.78 Å². The lowest BCUT2D eigenvalue weighted by Crippen LogP contribution is -2.33. The lowest BCUT2D eigenvalue weighted by molar-refractivity contribution is -0.116. The molecule has 1 unspecified atom stereocenters. The summed E-state index contributed by atoms with van der Waals surface area (Å²) in [6.45, 7) is 0. The molecule has 0 radical (unpaired) electrons. The van der Waals surface area contributed by atoms with Crippen LogP contribution in [0.3, 0.4) is 0 Å². The van der Waals surface area contributed by atoms with Crippen molar-refractivity contribution in [2.45, 2.75) is 12.5 Å². The van der Waals surface area contributed by atoms with Crippen LogP contribution in [0.15, 0.2) is 46.4 Å². The number of imide groups is 1. The van der Waals surface area contributed by atoms with Crippen LogP contribution in [0.1, 0.15) is 16.8 Å². The number of rotatable bonds is 4. The molecule has 2 heterocycles. The van der Waals surface area contributed by atoms with Crippen molar-refractivity contribution in [1.82, 2.24) is 10.3 Å². The minimum atomic E-state index is -0.713. The second-order valence-electron chi connectivity index (χ2n) is 5.28. The van der Waals surface area contributed by atoms with Crippen molar-refractivity contribution in [2.24, 2.45) is 5.10 Å². The van der Waals surface area contributed by atoms with Crippen molar-refractivity contribution in [3.8, 4) is 0 Å². The summed E-state index contributed by atoms with van der Waals surface area (Å²) < 4.78 is 0. The third-order valence-electron chi connectivity index (χ3n) is 3.66. The highest BCUT2D eigenvalue weighted by Gasteiger charge is 2.36. The first-order valence-electron chi connectivity index (χ1n) is 7.14. The minimum Gasteiger partial charge on any atom is -0.294 e. The van der Waals surface area contributed by atoms with E-state index in [1.807, 2.05) is 6.07 Å². The third kappa shape index (κ3) is 3.13. The predicted molar refractivity (Wildman–Crippen MR) is 88.6 cm³/mol. The van der Waals surface area contributed by atoms with E-state index < -0.39 is 17.2 Å². The van der Waals surface area contributed by atoms with Crippen molar-refractivity contribution in [1.29, 1.82) is 0 Å². The Kier molecular flexibility index (Phi) is 4.30. The molecule has 0 aliphatic carbocycles. The molecule has 0 aromatic heterocycles. The van der Waals surface area contributed by atoms with Gasteiger partial charge in [0.2, 0.25) is 5.78 Å². The molecular formula is C16H13N3O4S. The first-order valence-corrected chi connectivity index (χ1v) is 7.96. The lowest BCUT2D eigenvalue weighted by atomic mass is 9.99. The first kappa shape index (κ1) is 16.1. The van der Waals surface area contributed by atoms with Crippen LogP contribution in [0.25, 0.3) is 0 Å². The number of hydrazone groups is 1. The van der Waals surface area contributed by atoms with E-state index in [9.17, 15) is 19.2 Å². The van der Waals surface area contributed by atoms with Gasteiger partial charge in [0.05, 0.1) is 4.91 Å². The Morgan fingerprint density at radius 1 is 1.29 bits per heavy atom. The fourth-order valence-corrected chi connectivity index (χ4v) is 3.07. The maximum atomic E-state index is 12.5. The Hall–Kier alpha value is -2.74. The Morgan fingerprint density at radius 2 is 2.00 bits per heavy atom. The number of benzene rings is 1. The van der Waals surface area contributed by atoms with Crippen LogP contribution in [-0.2, 0) is 9.59 Å². The van der Waals surface area contributed by atoms with E-state index in [-0.39, 0.29) is 28.6 Å². The number of hydrogen-bond donors (Lipinski definition) is 1. The zero-order valence-corrected chi connectivity index (χ0v) is 13.5. The minimum absolute atomic E-state index is 0.00616. The summed E-state index contributed by atoms with van der Waals surface area (Å²) in [4.78, 5) is 47.6. The van der Waals surface area contributed by atoms with Gasteiger partial charge in [-0.15, -0.1) is 0 Å². The van der Waals surface area contributed by atoms with Crippen molar-refractivity contribution in [3.63, 3.8) is 0 Å². The number of hydrogen-bond acceptors (Lipinski definition) is 7. The molecule has 3 rings (SSSR count). The highest BCUT2D eigenvalue weighted by Crippen LogP contribution is 2.25. The molecule has 8 heteroatoms. The molecule has 2 aliphatic heterocycles. The number of amides is 2. The molecule has 1 saturated heterocycles. The van der Waals surface area contributed by atoms with Crippen molar-refractivity contribution >= 4 is 40.2 Å². The summed E-state index contributed by atoms with van der Waals surface area (Å²) in [6, 6.07) is 7.99. The fourth-order valence-electron chi connectivity index (χ4n) is 2.42. The van der Waals surface area contributed by atoms with E-state index in [1.54, 1.807) is 31.3 Å². The molecule has 1 atom stereocenters. The number of carbonyl (C=O) groups excluding carboxylic acids is 4. The van der Waals surface area contributed by atoms with Crippen molar-refractivity contribution in [2.75, 3.05) is 7.05 Å². The van der Waals surface area contributed by atoms with Crippen molar-refractivity contribution < 1.29 is 19.2 Å². The van der Waals surface area contributed by atoms with E-state index in [1.165, 1.54) is 11.1 Å². The van der Waals surface area contributed by atoms with Crippen LogP contribution < -0.4 is 5.32 Å². The molecule has 7 nitrogen and oxygen atoms in total. The second-order valence-corrected chi connectivity index (χ2v) is 6.30. The summed E-state index contributed by atoms with van der Waals surface area (Å²) in [5.41, 5.74) is 0.595. The topological polar surface area (TPSA) is 95.9 Å². The van der Waals surface area contributed by atoms with Gasteiger partial charge in [-0.25, -0.2) is 0 Å². The van der Waals surface area contributed by atoms with Crippen LogP contribution >= 0.6 is 11.8 Å². The van der Waals surface area contributed by atoms with Crippen LogP contribution in [0.5, 0.6) is 0 Å². The smallest absolute Gasteiger partial charge is 0.290 e. The molecule has 1 N–H and O–H groups in total. The number of likely N-dealkylation sites (N-methyl/N-ethyl adjacent to an activating group) is 1. The number of nitrogens with one attached hydrogen (secondary N) is 1. The first-order chi connectivity index (χ1) is 11.5. The maximum absolute atomic E-state index is 12.5. The van der Waals surface area contributed by atoms with Gasteiger partial charge in [0.25, 0.3) is 11.1 Å². The number of nitrogens with zero attached hydrogens (tertiary/aromatic N) is 2. The molecule has 0 bridgehead atoms. The standard InChI is InChI=1S/C16H13N3O4S/c1-19-11(8-12(20)9-5-3-2-4-6-9)14(21)10(18-19)7-13-15(22)17-16(23)24-13/h2-7,11H,8H2,1H3,(H,17,22,23). The van der Waals surface area contributed by atoms with Gasteiger partial charge in [0.1, 0.15) is 11.8 Å². The normalized spacial score (nSPS) is 22.1. The molecular weight excluding hydrogens is 330 g/mol. The lowest BCUT2D eigenvalue weighted by Gasteiger charge is -2.16. The molecule has 122 valence electrons. The highest BCUT2D eigenvalue weighted by molar-refractivity contribution is 8.18. The zero-order chi connectivity index (χ0) is 17.3. The van der Waals surface area contributed by atoms with E-state index in [0.717, 1.165) is 11.8 Å². The Bertz CT molecular complexity index is 801. The maximum Gasteiger partial charge on any atom is 0.290 e.